The van der Waals surface area contributed by atoms with Gasteiger partial charge >= 0.3 is 0 Å². The Balaban J connectivity index is 1.77. The van der Waals surface area contributed by atoms with Gasteiger partial charge in [0.1, 0.15) is 10.5 Å². The highest BCUT2D eigenvalue weighted by molar-refractivity contribution is 7.22. The lowest BCUT2D eigenvalue weighted by molar-refractivity contribution is -0.384. The molecule has 6 nitrogen and oxygen atoms in total. The van der Waals surface area contributed by atoms with E-state index >= 15 is 0 Å². The molecule has 3 aromatic rings. The molecule has 0 saturated carbocycles. The monoisotopic (exact) mass is 427 g/mol. The zero-order valence-corrected chi connectivity index (χ0v) is 15.8. The predicted octanol–water partition coefficient (Wildman–Crippen LogP) is 5.82. The molecule has 10 heteroatoms. The largest absolute Gasteiger partial charge is 0.298 e. The van der Waals surface area contributed by atoms with Gasteiger partial charge in [0.15, 0.2) is 5.13 Å². The van der Waals surface area contributed by atoms with Crippen LogP contribution in [0.2, 0.25) is 15.1 Å². The molecule has 0 radical (unpaired) electrons. The number of aromatic nitrogens is 1. The van der Waals surface area contributed by atoms with Crippen LogP contribution in [0.15, 0.2) is 36.4 Å². The average molecular weight is 429 g/mol. The van der Waals surface area contributed by atoms with E-state index < -0.39 is 10.8 Å². The fourth-order valence-electron chi connectivity index (χ4n) is 2.08. The molecule has 0 unspecified atom stereocenters. The maximum absolute atomic E-state index is 12.0. The maximum atomic E-state index is 12.0. The van der Waals surface area contributed by atoms with Crippen molar-refractivity contribution in [3.63, 3.8) is 0 Å². The molecule has 1 aromatic heterocycles. The van der Waals surface area contributed by atoms with Crippen molar-refractivity contribution in [2.75, 3.05) is 5.32 Å². The molecule has 2 aromatic carbocycles. The van der Waals surface area contributed by atoms with Crippen molar-refractivity contribution < 1.29 is 9.72 Å². The Morgan fingerprint density at radius 3 is 2.65 bits per heavy atom. The van der Waals surface area contributed by atoms with Crippen molar-refractivity contribution >= 4 is 79.2 Å². The predicted molar refractivity (Wildman–Crippen MR) is 105 cm³/mol. The standard InChI is InChI=1S/C16H8Cl3N3O3S/c17-9-3-1-8(7-11(9)22(24)25)2-6-13(23)20-16-21-15-12(26-16)5-4-10(18)14(15)19/h1-7H,(H,20,21,23)/b6-2+. The van der Waals surface area contributed by atoms with E-state index in [0.717, 1.165) is 4.70 Å². The van der Waals surface area contributed by atoms with Crippen LogP contribution in [-0.2, 0) is 4.79 Å². The molecule has 0 bridgehead atoms. The third kappa shape index (κ3) is 3.96. The van der Waals surface area contributed by atoms with Gasteiger partial charge in [0, 0.05) is 12.1 Å². The topological polar surface area (TPSA) is 85.1 Å². The highest BCUT2D eigenvalue weighted by Gasteiger charge is 2.13. The summed E-state index contributed by atoms with van der Waals surface area (Å²) in [7, 11) is 0. The van der Waals surface area contributed by atoms with Gasteiger partial charge in [0.25, 0.3) is 5.69 Å². The van der Waals surface area contributed by atoms with Crippen LogP contribution in [0, 0.1) is 10.1 Å². The molecule has 26 heavy (non-hydrogen) atoms. The van der Waals surface area contributed by atoms with Gasteiger partial charge in [-0.15, -0.1) is 0 Å². The molecular weight excluding hydrogens is 421 g/mol. The van der Waals surface area contributed by atoms with Gasteiger partial charge < -0.3 is 0 Å². The lowest BCUT2D eigenvalue weighted by atomic mass is 10.2. The van der Waals surface area contributed by atoms with E-state index in [1.165, 1.54) is 35.6 Å². The first-order chi connectivity index (χ1) is 12.3. The number of benzene rings is 2. The molecule has 1 heterocycles. The lowest BCUT2D eigenvalue weighted by Crippen LogP contribution is -2.07. The molecule has 0 aliphatic carbocycles. The number of halogens is 3. The van der Waals surface area contributed by atoms with E-state index in [2.05, 4.69) is 10.3 Å². The zero-order chi connectivity index (χ0) is 18.8. The van der Waals surface area contributed by atoms with Crippen LogP contribution in [-0.4, -0.2) is 15.8 Å². The minimum absolute atomic E-state index is 0.0293. The van der Waals surface area contributed by atoms with Crippen molar-refractivity contribution in [1.29, 1.82) is 0 Å². The van der Waals surface area contributed by atoms with Crippen molar-refractivity contribution in [2.24, 2.45) is 0 Å². The molecule has 0 spiro atoms. The fraction of sp³-hybridized carbons (Fsp3) is 0. The number of nitro groups is 1. The maximum Gasteiger partial charge on any atom is 0.288 e. The van der Waals surface area contributed by atoms with Gasteiger partial charge in [0.2, 0.25) is 5.91 Å². The van der Waals surface area contributed by atoms with Crippen LogP contribution in [0.3, 0.4) is 0 Å². The molecule has 0 fully saturated rings. The second-order valence-electron chi connectivity index (χ2n) is 5.02. The summed E-state index contributed by atoms with van der Waals surface area (Å²) in [5, 5.41) is 14.6. The Bertz CT molecular complexity index is 1070. The summed E-state index contributed by atoms with van der Waals surface area (Å²) in [4.78, 5) is 26.6. The van der Waals surface area contributed by atoms with E-state index in [1.807, 2.05) is 0 Å². The Kier molecular flexibility index (Phi) is 5.43. The SMILES string of the molecule is O=C(/C=C/c1ccc(Cl)c([N+](=O)[O-])c1)Nc1nc2c(Cl)c(Cl)ccc2s1. The van der Waals surface area contributed by atoms with E-state index in [9.17, 15) is 14.9 Å². The number of carbonyl (C=O) groups is 1. The van der Waals surface area contributed by atoms with Gasteiger partial charge in [-0.05, 0) is 29.8 Å². The number of hydrogen-bond donors (Lipinski definition) is 1. The van der Waals surface area contributed by atoms with E-state index in [-0.39, 0.29) is 10.7 Å². The van der Waals surface area contributed by atoms with Crippen LogP contribution >= 0.6 is 46.1 Å². The quantitative estimate of drug-likeness (QED) is 0.322. The van der Waals surface area contributed by atoms with Gasteiger partial charge in [-0.1, -0.05) is 52.2 Å². The number of nitrogens with zero attached hydrogens (tertiary/aromatic N) is 2. The number of thiazole rings is 1. The first kappa shape index (κ1) is 18.6. The number of hydrogen-bond acceptors (Lipinski definition) is 5. The van der Waals surface area contributed by atoms with Crippen LogP contribution in [0.4, 0.5) is 10.8 Å². The van der Waals surface area contributed by atoms with E-state index in [0.29, 0.717) is 26.3 Å². The minimum atomic E-state index is -0.588. The molecular formula is C16H8Cl3N3O3S. The Morgan fingerprint density at radius 2 is 1.92 bits per heavy atom. The summed E-state index contributed by atoms with van der Waals surface area (Å²) in [6.07, 6.45) is 2.68. The molecule has 1 N–H and O–H groups in total. The van der Waals surface area contributed by atoms with Gasteiger partial charge in [-0.2, -0.15) is 0 Å². The summed E-state index contributed by atoms with van der Waals surface area (Å²) >= 11 is 19.0. The minimum Gasteiger partial charge on any atom is -0.298 e. The Labute approximate surface area is 166 Å². The number of nitro benzene ring substituents is 1. The van der Waals surface area contributed by atoms with Crippen molar-refractivity contribution in [3.8, 4) is 0 Å². The zero-order valence-electron chi connectivity index (χ0n) is 12.7. The molecule has 1 amide bonds. The highest BCUT2D eigenvalue weighted by atomic mass is 35.5. The number of amides is 1. The number of anilines is 1. The van der Waals surface area contributed by atoms with Gasteiger partial charge in [-0.3, -0.25) is 20.2 Å². The van der Waals surface area contributed by atoms with Gasteiger partial charge in [0.05, 0.1) is 19.7 Å². The summed E-state index contributed by atoms with van der Waals surface area (Å²) in [5.41, 5.74) is 0.749. The van der Waals surface area contributed by atoms with Crippen molar-refractivity contribution in [1.82, 2.24) is 4.98 Å². The number of carbonyl (C=O) groups excluding carboxylic acids is 1. The fourth-order valence-corrected chi connectivity index (χ4v) is 3.56. The summed E-state index contributed by atoms with van der Waals surface area (Å²) in [6, 6.07) is 7.67. The second-order valence-corrected chi connectivity index (χ2v) is 7.24. The van der Waals surface area contributed by atoms with Crippen molar-refractivity contribution in [2.45, 2.75) is 0 Å². The third-order valence-electron chi connectivity index (χ3n) is 3.28. The third-order valence-corrected chi connectivity index (χ3v) is 5.33. The number of fused-ring (bicyclic) bond motifs is 1. The smallest absolute Gasteiger partial charge is 0.288 e. The Morgan fingerprint density at radius 1 is 1.19 bits per heavy atom. The van der Waals surface area contributed by atoms with Gasteiger partial charge in [-0.25, -0.2) is 4.98 Å². The molecule has 0 atom stereocenters. The lowest BCUT2D eigenvalue weighted by Gasteiger charge is -1.98. The Hall–Kier alpha value is -2.19. The summed E-state index contributed by atoms with van der Waals surface area (Å²) in [5.74, 6) is -0.441. The molecule has 3 rings (SSSR count). The molecule has 0 aliphatic rings. The summed E-state index contributed by atoms with van der Waals surface area (Å²) < 4.78 is 0.784. The average Bonchev–Trinajstić information content (AvgIpc) is 3.00. The normalized spacial score (nSPS) is 11.2. The molecule has 0 saturated heterocycles. The first-order valence-electron chi connectivity index (χ1n) is 7.02. The second kappa shape index (κ2) is 7.59. The van der Waals surface area contributed by atoms with Crippen LogP contribution in [0.25, 0.3) is 16.3 Å². The molecule has 0 aliphatic heterocycles. The summed E-state index contributed by atoms with van der Waals surface area (Å²) in [6.45, 7) is 0. The van der Waals surface area contributed by atoms with Crippen LogP contribution < -0.4 is 5.32 Å². The van der Waals surface area contributed by atoms with E-state index in [4.69, 9.17) is 34.8 Å². The van der Waals surface area contributed by atoms with E-state index in [1.54, 1.807) is 18.2 Å². The molecule has 132 valence electrons. The number of rotatable bonds is 4. The van der Waals surface area contributed by atoms with Crippen LogP contribution in [0.1, 0.15) is 5.56 Å². The number of nitrogens with one attached hydrogen (secondary N) is 1. The highest BCUT2D eigenvalue weighted by Crippen LogP contribution is 2.35. The van der Waals surface area contributed by atoms with Crippen molar-refractivity contribution in [3.05, 3.63) is 67.2 Å². The first-order valence-corrected chi connectivity index (χ1v) is 8.98. The van der Waals surface area contributed by atoms with Crippen LogP contribution in [0.5, 0.6) is 0 Å².